The van der Waals surface area contributed by atoms with Gasteiger partial charge in [-0.05, 0) is 56.3 Å². The van der Waals surface area contributed by atoms with Crippen LogP contribution in [0.4, 0.5) is 5.82 Å². The van der Waals surface area contributed by atoms with Crippen LogP contribution < -0.4 is 10.2 Å². The standard InChI is InChI=1S/C16H29N3O/c1-4-8-17-12-15-11-14(2)16(18-13-15)19(3)9-6-5-7-10-20/h11,13,17,20H,4-10,12H2,1-3H3. The molecule has 0 amide bonds. The lowest BCUT2D eigenvalue weighted by Gasteiger charge is -2.20. The number of hydrogen-bond donors (Lipinski definition) is 2. The smallest absolute Gasteiger partial charge is 0.131 e. The van der Waals surface area contributed by atoms with E-state index in [4.69, 9.17) is 5.11 Å². The topological polar surface area (TPSA) is 48.4 Å². The molecule has 0 saturated heterocycles. The van der Waals surface area contributed by atoms with Crippen LogP contribution in [0.2, 0.25) is 0 Å². The quantitative estimate of drug-likeness (QED) is 0.646. The van der Waals surface area contributed by atoms with Crippen molar-refractivity contribution in [1.29, 1.82) is 0 Å². The largest absolute Gasteiger partial charge is 0.396 e. The van der Waals surface area contributed by atoms with Crippen molar-refractivity contribution in [2.24, 2.45) is 0 Å². The number of pyridine rings is 1. The highest BCUT2D eigenvalue weighted by Crippen LogP contribution is 2.17. The minimum atomic E-state index is 0.292. The van der Waals surface area contributed by atoms with Gasteiger partial charge in [-0.2, -0.15) is 0 Å². The average Bonchev–Trinajstić information content (AvgIpc) is 2.44. The lowest BCUT2D eigenvalue weighted by Crippen LogP contribution is -2.21. The lowest BCUT2D eigenvalue weighted by atomic mass is 10.2. The van der Waals surface area contributed by atoms with E-state index < -0.39 is 0 Å². The number of aliphatic hydroxyl groups excluding tert-OH is 1. The third-order valence-electron chi connectivity index (χ3n) is 3.38. The number of aliphatic hydroxyl groups is 1. The molecule has 0 aromatic carbocycles. The molecule has 4 nitrogen and oxygen atoms in total. The number of anilines is 1. The van der Waals surface area contributed by atoms with Crippen LogP contribution in [0.25, 0.3) is 0 Å². The van der Waals surface area contributed by atoms with E-state index in [1.54, 1.807) is 0 Å². The average molecular weight is 279 g/mol. The third kappa shape index (κ3) is 5.88. The Labute approximate surface area is 123 Å². The van der Waals surface area contributed by atoms with E-state index in [9.17, 15) is 0 Å². The fourth-order valence-corrected chi connectivity index (χ4v) is 2.28. The van der Waals surface area contributed by atoms with Crippen LogP contribution in [0.15, 0.2) is 12.3 Å². The maximum absolute atomic E-state index is 8.78. The predicted octanol–water partition coefficient (Wildman–Crippen LogP) is 2.49. The molecule has 0 aliphatic heterocycles. The Balaban J connectivity index is 2.49. The fraction of sp³-hybridized carbons (Fsp3) is 0.688. The monoisotopic (exact) mass is 279 g/mol. The van der Waals surface area contributed by atoms with Crippen LogP contribution in [0.3, 0.4) is 0 Å². The number of nitrogens with zero attached hydrogens (tertiary/aromatic N) is 2. The predicted molar refractivity (Wildman–Crippen MR) is 85.2 cm³/mol. The summed E-state index contributed by atoms with van der Waals surface area (Å²) in [4.78, 5) is 6.80. The number of aromatic nitrogens is 1. The summed E-state index contributed by atoms with van der Waals surface area (Å²) in [5.41, 5.74) is 2.47. The molecule has 0 atom stereocenters. The van der Waals surface area contributed by atoms with Gasteiger partial charge in [-0.25, -0.2) is 4.98 Å². The second-order valence-corrected chi connectivity index (χ2v) is 5.37. The van der Waals surface area contributed by atoms with Crippen molar-refractivity contribution >= 4 is 5.82 Å². The van der Waals surface area contributed by atoms with Gasteiger partial charge in [0, 0.05) is 32.9 Å². The Morgan fingerprint density at radius 3 is 2.75 bits per heavy atom. The molecule has 0 spiro atoms. The van der Waals surface area contributed by atoms with Gasteiger partial charge in [0.05, 0.1) is 0 Å². The zero-order chi connectivity index (χ0) is 14.8. The van der Waals surface area contributed by atoms with Gasteiger partial charge >= 0.3 is 0 Å². The van der Waals surface area contributed by atoms with Crippen molar-refractivity contribution in [1.82, 2.24) is 10.3 Å². The minimum absolute atomic E-state index is 0.292. The Hall–Kier alpha value is -1.13. The van der Waals surface area contributed by atoms with Gasteiger partial charge in [-0.1, -0.05) is 6.92 Å². The van der Waals surface area contributed by atoms with Gasteiger partial charge in [-0.3, -0.25) is 0 Å². The SMILES string of the molecule is CCCNCc1cnc(N(C)CCCCCO)c(C)c1. The number of aryl methyl sites for hydroxylation is 1. The first-order chi connectivity index (χ1) is 9.69. The molecule has 4 heteroatoms. The van der Waals surface area contributed by atoms with Crippen molar-refractivity contribution in [2.75, 3.05) is 31.6 Å². The molecular formula is C16H29N3O. The lowest BCUT2D eigenvalue weighted by molar-refractivity contribution is 0.283. The van der Waals surface area contributed by atoms with Gasteiger partial charge in [0.2, 0.25) is 0 Å². The van der Waals surface area contributed by atoms with Crippen LogP contribution in [0, 0.1) is 6.92 Å². The Bertz CT molecular complexity index is 382. The first-order valence-corrected chi connectivity index (χ1v) is 7.67. The van der Waals surface area contributed by atoms with Gasteiger partial charge in [0.25, 0.3) is 0 Å². The van der Waals surface area contributed by atoms with Crippen molar-refractivity contribution in [2.45, 2.75) is 46.1 Å². The summed E-state index contributed by atoms with van der Waals surface area (Å²) in [6, 6.07) is 2.22. The molecule has 0 saturated carbocycles. The highest BCUT2D eigenvalue weighted by Gasteiger charge is 2.07. The summed E-state index contributed by atoms with van der Waals surface area (Å²) < 4.78 is 0. The minimum Gasteiger partial charge on any atom is -0.396 e. The summed E-state index contributed by atoms with van der Waals surface area (Å²) >= 11 is 0. The molecule has 2 N–H and O–H groups in total. The maximum atomic E-state index is 8.78. The van der Waals surface area contributed by atoms with E-state index in [-0.39, 0.29) is 0 Å². The number of unbranched alkanes of at least 4 members (excludes halogenated alkanes) is 2. The first-order valence-electron chi connectivity index (χ1n) is 7.67. The Kier molecular flexibility index (Phi) is 8.23. The number of nitrogens with one attached hydrogen (secondary N) is 1. The highest BCUT2D eigenvalue weighted by molar-refractivity contribution is 5.46. The van der Waals surface area contributed by atoms with Crippen LogP contribution in [0.5, 0.6) is 0 Å². The Morgan fingerprint density at radius 1 is 1.30 bits per heavy atom. The molecule has 0 radical (unpaired) electrons. The van der Waals surface area contributed by atoms with E-state index >= 15 is 0 Å². The fourth-order valence-electron chi connectivity index (χ4n) is 2.28. The zero-order valence-electron chi connectivity index (χ0n) is 13.2. The zero-order valence-corrected chi connectivity index (χ0v) is 13.2. The van der Waals surface area contributed by atoms with E-state index in [0.717, 1.165) is 51.1 Å². The van der Waals surface area contributed by atoms with E-state index in [1.807, 2.05) is 6.20 Å². The maximum Gasteiger partial charge on any atom is 0.131 e. The number of hydrogen-bond acceptors (Lipinski definition) is 4. The third-order valence-corrected chi connectivity index (χ3v) is 3.38. The molecule has 0 aliphatic rings. The van der Waals surface area contributed by atoms with Crippen molar-refractivity contribution in [3.05, 3.63) is 23.4 Å². The molecule has 1 heterocycles. The summed E-state index contributed by atoms with van der Waals surface area (Å²) in [6.07, 6.45) is 6.18. The summed E-state index contributed by atoms with van der Waals surface area (Å²) in [5.74, 6) is 1.06. The molecule has 0 bridgehead atoms. The van der Waals surface area contributed by atoms with E-state index in [2.05, 4.69) is 42.2 Å². The van der Waals surface area contributed by atoms with Crippen molar-refractivity contribution < 1.29 is 5.11 Å². The first kappa shape index (κ1) is 16.9. The van der Waals surface area contributed by atoms with E-state index in [1.165, 1.54) is 11.1 Å². The summed E-state index contributed by atoms with van der Waals surface area (Å²) in [5, 5.41) is 12.2. The van der Waals surface area contributed by atoms with Crippen molar-refractivity contribution in [3.8, 4) is 0 Å². The molecule has 1 aromatic rings. The van der Waals surface area contributed by atoms with Gasteiger partial charge in [-0.15, -0.1) is 0 Å². The van der Waals surface area contributed by atoms with Gasteiger partial charge < -0.3 is 15.3 Å². The molecule has 1 rings (SSSR count). The van der Waals surface area contributed by atoms with Gasteiger partial charge in [0.15, 0.2) is 0 Å². The van der Waals surface area contributed by atoms with Crippen LogP contribution in [-0.2, 0) is 6.54 Å². The molecule has 0 unspecified atom stereocenters. The molecule has 114 valence electrons. The summed E-state index contributed by atoms with van der Waals surface area (Å²) in [7, 11) is 2.09. The summed E-state index contributed by atoms with van der Waals surface area (Å²) in [6.45, 7) is 7.51. The van der Waals surface area contributed by atoms with Gasteiger partial charge in [0.1, 0.15) is 5.82 Å². The van der Waals surface area contributed by atoms with Crippen LogP contribution in [-0.4, -0.2) is 36.8 Å². The number of rotatable bonds is 10. The van der Waals surface area contributed by atoms with E-state index in [0.29, 0.717) is 6.61 Å². The second kappa shape index (κ2) is 9.72. The molecule has 1 aromatic heterocycles. The second-order valence-electron chi connectivity index (χ2n) is 5.37. The molecular weight excluding hydrogens is 250 g/mol. The molecule has 0 aliphatic carbocycles. The Morgan fingerprint density at radius 2 is 2.10 bits per heavy atom. The van der Waals surface area contributed by atoms with Crippen molar-refractivity contribution in [3.63, 3.8) is 0 Å². The molecule has 20 heavy (non-hydrogen) atoms. The van der Waals surface area contributed by atoms with Crippen LogP contribution in [0.1, 0.15) is 43.7 Å². The normalized spacial score (nSPS) is 10.8. The molecule has 0 fully saturated rings. The van der Waals surface area contributed by atoms with Crippen LogP contribution >= 0.6 is 0 Å². The highest BCUT2D eigenvalue weighted by atomic mass is 16.2.